The van der Waals surface area contributed by atoms with E-state index in [-0.39, 0.29) is 12.3 Å². The predicted molar refractivity (Wildman–Crippen MR) is 60.4 cm³/mol. The zero-order chi connectivity index (χ0) is 12.5. The Balaban J connectivity index is 1.99. The molecular weight excluding hydrogens is 220 g/mol. The van der Waals surface area contributed by atoms with E-state index in [9.17, 15) is 9.59 Å². The van der Waals surface area contributed by atoms with E-state index >= 15 is 0 Å². The minimum atomic E-state index is -1.01. The first-order valence-electron chi connectivity index (χ1n) is 5.48. The van der Waals surface area contributed by atoms with E-state index in [1.54, 1.807) is 12.3 Å². The number of rotatable bonds is 4. The van der Waals surface area contributed by atoms with Crippen molar-refractivity contribution < 1.29 is 14.7 Å². The van der Waals surface area contributed by atoms with Crippen molar-refractivity contribution in [1.29, 1.82) is 0 Å². The maximum atomic E-state index is 11.7. The Morgan fingerprint density at radius 3 is 2.76 bits per heavy atom. The molecule has 0 aliphatic heterocycles. The van der Waals surface area contributed by atoms with Gasteiger partial charge in [0.15, 0.2) is 0 Å². The number of amides is 1. The van der Waals surface area contributed by atoms with Crippen LogP contribution in [0.2, 0.25) is 0 Å². The molecule has 0 unspecified atom stereocenters. The van der Waals surface area contributed by atoms with Gasteiger partial charge in [-0.05, 0) is 31.4 Å². The summed E-state index contributed by atoms with van der Waals surface area (Å²) in [5.41, 5.74) is 0.605. The highest BCUT2D eigenvalue weighted by molar-refractivity contribution is 5.90. The maximum Gasteiger partial charge on any atom is 0.329 e. The van der Waals surface area contributed by atoms with Gasteiger partial charge in [0.2, 0.25) is 5.91 Å². The van der Waals surface area contributed by atoms with Crippen LogP contribution in [-0.4, -0.2) is 27.5 Å². The third kappa shape index (κ3) is 2.43. The summed E-state index contributed by atoms with van der Waals surface area (Å²) in [5.74, 6) is -1.24. The number of pyridine rings is 1. The second-order valence-electron chi connectivity index (χ2n) is 4.38. The Morgan fingerprint density at radius 2 is 2.24 bits per heavy atom. The summed E-state index contributed by atoms with van der Waals surface area (Å²) >= 11 is 0. The quantitative estimate of drug-likeness (QED) is 0.802. The minimum Gasteiger partial charge on any atom is -0.480 e. The third-order valence-corrected chi connectivity index (χ3v) is 2.98. The lowest BCUT2D eigenvalue weighted by atomic mass is 10.1. The first kappa shape index (κ1) is 11.6. The molecular formula is C12H14N2O3. The topological polar surface area (TPSA) is 79.3 Å². The molecule has 1 amide bonds. The zero-order valence-electron chi connectivity index (χ0n) is 9.56. The number of hydrogen-bond donors (Lipinski definition) is 2. The minimum absolute atomic E-state index is 0.127. The number of nitrogens with one attached hydrogen (secondary N) is 1. The van der Waals surface area contributed by atoms with Gasteiger partial charge < -0.3 is 10.4 Å². The molecule has 1 aliphatic rings. The summed E-state index contributed by atoms with van der Waals surface area (Å²) in [7, 11) is 0. The Morgan fingerprint density at radius 1 is 1.53 bits per heavy atom. The number of carbonyl (C=O) groups excluding carboxylic acids is 1. The molecule has 17 heavy (non-hydrogen) atoms. The molecule has 1 aromatic rings. The van der Waals surface area contributed by atoms with Gasteiger partial charge in [-0.15, -0.1) is 0 Å². The SMILES string of the molecule is Cc1cccnc1CC(=O)NC1(C(=O)O)CC1. The van der Waals surface area contributed by atoms with E-state index in [0.717, 1.165) is 5.56 Å². The number of hydrogen-bond acceptors (Lipinski definition) is 3. The summed E-state index contributed by atoms with van der Waals surface area (Å²) in [5, 5.41) is 11.5. The molecule has 5 nitrogen and oxygen atoms in total. The van der Waals surface area contributed by atoms with Gasteiger partial charge in [0.25, 0.3) is 0 Å². The fourth-order valence-corrected chi connectivity index (χ4v) is 1.68. The maximum absolute atomic E-state index is 11.7. The van der Waals surface area contributed by atoms with Gasteiger partial charge in [-0.1, -0.05) is 6.07 Å². The van der Waals surface area contributed by atoms with Crippen LogP contribution in [0.15, 0.2) is 18.3 Å². The van der Waals surface area contributed by atoms with Gasteiger partial charge in [-0.25, -0.2) is 4.79 Å². The first-order valence-corrected chi connectivity index (χ1v) is 5.48. The highest BCUT2D eigenvalue weighted by atomic mass is 16.4. The average molecular weight is 234 g/mol. The molecule has 0 saturated heterocycles. The number of aliphatic carboxylic acids is 1. The third-order valence-electron chi connectivity index (χ3n) is 2.98. The molecule has 90 valence electrons. The number of carbonyl (C=O) groups is 2. The molecule has 2 N–H and O–H groups in total. The van der Waals surface area contributed by atoms with Crippen molar-refractivity contribution in [1.82, 2.24) is 10.3 Å². The Bertz CT molecular complexity index is 467. The van der Waals surface area contributed by atoms with E-state index in [4.69, 9.17) is 5.11 Å². The van der Waals surface area contributed by atoms with Crippen molar-refractivity contribution in [3.63, 3.8) is 0 Å². The average Bonchev–Trinajstić information content (AvgIpc) is 3.02. The molecule has 1 aliphatic carbocycles. The Hall–Kier alpha value is -1.91. The van der Waals surface area contributed by atoms with Crippen LogP contribution in [0.5, 0.6) is 0 Å². The Labute approximate surface area is 98.9 Å². The van der Waals surface area contributed by atoms with Crippen molar-refractivity contribution in [3.05, 3.63) is 29.6 Å². The van der Waals surface area contributed by atoms with Gasteiger partial charge in [0.1, 0.15) is 5.54 Å². The second kappa shape index (κ2) is 4.16. The molecule has 2 rings (SSSR count). The molecule has 1 fully saturated rings. The van der Waals surface area contributed by atoms with Gasteiger partial charge in [-0.2, -0.15) is 0 Å². The molecule has 0 spiro atoms. The molecule has 1 aromatic heterocycles. The summed E-state index contributed by atoms with van der Waals surface area (Å²) in [6, 6.07) is 3.68. The summed E-state index contributed by atoms with van der Waals surface area (Å²) in [6.45, 7) is 1.87. The molecule has 1 saturated carbocycles. The molecule has 0 atom stereocenters. The van der Waals surface area contributed by atoms with E-state index in [2.05, 4.69) is 10.3 Å². The van der Waals surface area contributed by atoms with Crippen molar-refractivity contribution in [2.45, 2.75) is 31.7 Å². The van der Waals surface area contributed by atoms with Crippen LogP contribution in [0.25, 0.3) is 0 Å². The fourth-order valence-electron chi connectivity index (χ4n) is 1.68. The summed E-state index contributed by atoms with van der Waals surface area (Å²) < 4.78 is 0. The van der Waals surface area contributed by atoms with Crippen LogP contribution in [0.4, 0.5) is 0 Å². The number of aryl methyl sites for hydroxylation is 1. The number of nitrogens with zero attached hydrogens (tertiary/aromatic N) is 1. The predicted octanol–water partition coefficient (Wildman–Crippen LogP) is 0.666. The van der Waals surface area contributed by atoms with Crippen LogP contribution < -0.4 is 5.32 Å². The first-order chi connectivity index (χ1) is 8.03. The lowest BCUT2D eigenvalue weighted by molar-refractivity contribution is -0.143. The zero-order valence-corrected chi connectivity index (χ0v) is 9.56. The van der Waals surface area contributed by atoms with Gasteiger partial charge in [0.05, 0.1) is 12.1 Å². The largest absolute Gasteiger partial charge is 0.480 e. The van der Waals surface area contributed by atoms with Crippen LogP contribution in [-0.2, 0) is 16.0 Å². The van der Waals surface area contributed by atoms with Crippen molar-refractivity contribution in [2.75, 3.05) is 0 Å². The normalized spacial score (nSPS) is 16.3. The van der Waals surface area contributed by atoms with Crippen LogP contribution in [0, 0.1) is 6.92 Å². The van der Waals surface area contributed by atoms with E-state index in [1.165, 1.54) is 0 Å². The summed E-state index contributed by atoms with van der Waals surface area (Å²) in [4.78, 5) is 26.7. The smallest absolute Gasteiger partial charge is 0.329 e. The number of carboxylic acid groups (broad SMARTS) is 1. The molecule has 0 bridgehead atoms. The van der Waals surface area contributed by atoms with Gasteiger partial charge in [-0.3, -0.25) is 9.78 Å². The Kier molecular flexibility index (Phi) is 2.83. The highest BCUT2D eigenvalue weighted by Gasteiger charge is 2.51. The standard InChI is InChI=1S/C12H14N2O3/c1-8-3-2-6-13-9(8)7-10(15)14-12(4-5-12)11(16)17/h2-3,6H,4-5,7H2,1H3,(H,14,15)(H,16,17). The molecule has 5 heteroatoms. The van der Waals surface area contributed by atoms with E-state index < -0.39 is 11.5 Å². The molecule has 1 heterocycles. The van der Waals surface area contributed by atoms with Gasteiger partial charge in [0, 0.05) is 6.20 Å². The lowest BCUT2D eigenvalue weighted by Gasteiger charge is -2.12. The number of aromatic nitrogens is 1. The molecule has 0 radical (unpaired) electrons. The van der Waals surface area contributed by atoms with Crippen molar-refractivity contribution in [3.8, 4) is 0 Å². The van der Waals surface area contributed by atoms with Crippen LogP contribution in [0.1, 0.15) is 24.1 Å². The van der Waals surface area contributed by atoms with Crippen LogP contribution >= 0.6 is 0 Å². The monoisotopic (exact) mass is 234 g/mol. The second-order valence-corrected chi connectivity index (χ2v) is 4.38. The summed E-state index contributed by atoms with van der Waals surface area (Å²) in [6.07, 6.45) is 2.77. The van der Waals surface area contributed by atoms with Crippen molar-refractivity contribution in [2.24, 2.45) is 0 Å². The highest BCUT2D eigenvalue weighted by Crippen LogP contribution is 2.35. The number of carboxylic acids is 1. The lowest BCUT2D eigenvalue weighted by Crippen LogP contribution is -2.43. The van der Waals surface area contributed by atoms with E-state index in [0.29, 0.717) is 18.5 Å². The van der Waals surface area contributed by atoms with E-state index in [1.807, 2.05) is 13.0 Å². The van der Waals surface area contributed by atoms with Crippen molar-refractivity contribution >= 4 is 11.9 Å². The molecule has 0 aromatic carbocycles. The fraction of sp³-hybridized carbons (Fsp3) is 0.417. The van der Waals surface area contributed by atoms with Crippen LogP contribution in [0.3, 0.4) is 0 Å². The van der Waals surface area contributed by atoms with Gasteiger partial charge >= 0.3 is 5.97 Å².